The number of nitrogens with two attached hydrogens (primary N) is 1. The fourth-order valence-corrected chi connectivity index (χ4v) is 2.04. The minimum absolute atomic E-state index is 0.365. The van der Waals surface area contributed by atoms with Crippen LogP contribution in [0.4, 0.5) is 0 Å². The number of hydrogen-bond acceptors (Lipinski definition) is 5. The lowest BCUT2D eigenvalue weighted by Gasteiger charge is -2.20. The van der Waals surface area contributed by atoms with Gasteiger partial charge >= 0.3 is 5.97 Å². The molecule has 1 aromatic heterocycles. The molecule has 0 aliphatic rings. The molecular formula is C10H17N3O2S. The Bertz CT molecular complexity index is 325. The summed E-state index contributed by atoms with van der Waals surface area (Å²) in [6, 6.07) is 0. The van der Waals surface area contributed by atoms with Crippen LogP contribution in [0.15, 0.2) is 17.6 Å². The lowest BCUT2D eigenvalue weighted by Crippen LogP contribution is -2.45. The Morgan fingerprint density at radius 1 is 1.75 bits per heavy atom. The van der Waals surface area contributed by atoms with Crippen molar-refractivity contribution >= 4 is 17.7 Å². The first-order chi connectivity index (χ1) is 7.56. The second-order valence-corrected chi connectivity index (χ2v) is 4.84. The van der Waals surface area contributed by atoms with E-state index in [0.29, 0.717) is 6.42 Å². The van der Waals surface area contributed by atoms with Crippen molar-refractivity contribution < 1.29 is 9.53 Å². The van der Waals surface area contributed by atoms with E-state index in [9.17, 15) is 4.79 Å². The number of carbonyl (C=O) groups excluding carboxylic acids is 1. The van der Waals surface area contributed by atoms with Crippen molar-refractivity contribution in [1.29, 1.82) is 0 Å². The van der Waals surface area contributed by atoms with Gasteiger partial charge in [-0.15, -0.1) is 0 Å². The molecule has 0 aliphatic heterocycles. The molecule has 0 saturated heterocycles. The Balaban J connectivity index is 2.22. The number of ether oxygens (including phenoxy) is 1. The molecule has 16 heavy (non-hydrogen) atoms. The maximum Gasteiger partial charge on any atom is 0.325 e. The summed E-state index contributed by atoms with van der Waals surface area (Å²) < 4.78 is 4.63. The van der Waals surface area contributed by atoms with Crippen LogP contribution in [0.1, 0.15) is 19.8 Å². The number of imidazole rings is 1. The van der Waals surface area contributed by atoms with Crippen molar-refractivity contribution in [3.05, 3.63) is 12.4 Å². The average Bonchev–Trinajstić information content (AvgIpc) is 2.76. The number of carbonyl (C=O) groups is 1. The van der Waals surface area contributed by atoms with Crippen LogP contribution in [0.2, 0.25) is 0 Å². The van der Waals surface area contributed by atoms with Crippen molar-refractivity contribution in [1.82, 2.24) is 9.97 Å². The minimum atomic E-state index is -0.890. The maximum absolute atomic E-state index is 11.3. The predicted molar refractivity (Wildman–Crippen MR) is 63.2 cm³/mol. The van der Waals surface area contributed by atoms with Crippen LogP contribution in [0, 0.1) is 0 Å². The molecule has 0 bridgehead atoms. The molecule has 90 valence electrons. The smallest absolute Gasteiger partial charge is 0.325 e. The molecular weight excluding hydrogens is 226 g/mol. The number of nitrogens with one attached hydrogen (secondary N) is 1. The van der Waals surface area contributed by atoms with Gasteiger partial charge in [0.05, 0.1) is 7.11 Å². The first-order valence-corrected chi connectivity index (χ1v) is 6.04. The van der Waals surface area contributed by atoms with E-state index < -0.39 is 5.54 Å². The quantitative estimate of drug-likeness (QED) is 0.445. The fraction of sp³-hybridized carbons (Fsp3) is 0.600. The first kappa shape index (κ1) is 13.1. The summed E-state index contributed by atoms with van der Waals surface area (Å²) in [6.07, 6.45) is 4.94. The summed E-state index contributed by atoms with van der Waals surface area (Å²) in [5, 5.41) is 0.886. The molecule has 0 aromatic carbocycles. The second-order valence-electron chi connectivity index (χ2n) is 3.76. The van der Waals surface area contributed by atoms with Crippen molar-refractivity contribution in [3.63, 3.8) is 0 Å². The lowest BCUT2D eigenvalue weighted by atomic mass is 9.98. The van der Waals surface area contributed by atoms with Crippen LogP contribution >= 0.6 is 11.8 Å². The number of aromatic amines is 1. The molecule has 0 aliphatic carbocycles. The summed E-state index contributed by atoms with van der Waals surface area (Å²) in [5.74, 6) is 0.507. The second kappa shape index (κ2) is 5.91. The van der Waals surface area contributed by atoms with Crippen LogP contribution in [0.5, 0.6) is 0 Å². The largest absolute Gasteiger partial charge is 0.468 e. The van der Waals surface area contributed by atoms with E-state index >= 15 is 0 Å². The highest BCUT2D eigenvalue weighted by Crippen LogP contribution is 2.17. The van der Waals surface area contributed by atoms with Crippen molar-refractivity contribution in [3.8, 4) is 0 Å². The highest BCUT2D eigenvalue weighted by atomic mass is 32.2. The van der Waals surface area contributed by atoms with Crippen LogP contribution in [0.3, 0.4) is 0 Å². The van der Waals surface area contributed by atoms with E-state index in [2.05, 4.69) is 14.7 Å². The SMILES string of the molecule is COC(=O)C(C)(N)CCCSc1ncc[nH]1. The molecule has 6 heteroatoms. The minimum Gasteiger partial charge on any atom is -0.468 e. The van der Waals surface area contributed by atoms with Crippen molar-refractivity contribution in [2.75, 3.05) is 12.9 Å². The van der Waals surface area contributed by atoms with Gasteiger partial charge in [-0.1, -0.05) is 11.8 Å². The maximum atomic E-state index is 11.3. The molecule has 0 radical (unpaired) electrons. The highest BCUT2D eigenvalue weighted by Gasteiger charge is 2.28. The molecule has 0 spiro atoms. The van der Waals surface area contributed by atoms with E-state index in [4.69, 9.17) is 5.73 Å². The summed E-state index contributed by atoms with van der Waals surface area (Å²) >= 11 is 1.61. The topological polar surface area (TPSA) is 81.0 Å². The summed E-state index contributed by atoms with van der Waals surface area (Å²) in [5.41, 5.74) is 4.93. The molecule has 5 nitrogen and oxygen atoms in total. The average molecular weight is 243 g/mol. The molecule has 1 rings (SSSR count). The van der Waals surface area contributed by atoms with E-state index in [0.717, 1.165) is 17.3 Å². The van der Waals surface area contributed by atoms with Gasteiger partial charge in [0.2, 0.25) is 0 Å². The Hall–Kier alpha value is -1.01. The van der Waals surface area contributed by atoms with Crippen LogP contribution in [-0.2, 0) is 9.53 Å². The Kier molecular flexibility index (Phi) is 4.82. The van der Waals surface area contributed by atoms with E-state index in [-0.39, 0.29) is 5.97 Å². The first-order valence-electron chi connectivity index (χ1n) is 5.06. The molecule has 1 heterocycles. The van der Waals surface area contributed by atoms with Gasteiger partial charge in [-0.05, 0) is 19.8 Å². The zero-order valence-electron chi connectivity index (χ0n) is 9.53. The predicted octanol–water partition coefficient (Wildman–Crippen LogP) is 1.17. The number of hydrogen-bond donors (Lipinski definition) is 2. The monoisotopic (exact) mass is 243 g/mol. The normalized spacial score (nSPS) is 14.4. The molecule has 1 aromatic rings. The van der Waals surface area contributed by atoms with Gasteiger partial charge in [0, 0.05) is 18.1 Å². The van der Waals surface area contributed by atoms with Gasteiger partial charge in [0.15, 0.2) is 5.16 Å². The van der Waals surface area contributed by atoms with Crippen LogP contribution in [-0.4, -0.2) is 34.3 Å². The number of nitrogens with zero attached hydrogens (tertiary/aromatic N) is 1. The number of rotatable bonds is 6. The van der Waals surface area contributed by atoms with Crippen molar-refractivity contribution in [2.24, 2.45) is 5.73 Å². The third-order valence-corrected chi connectivity index (χ3v) is 3.19. The van der Waals surface area contributed by atoms with E-state index in [1.807, 2.05) is 0 Å². The molecule has 0 saturated carbocycles. The van der Waals surface area contributed by atoms with Gasteiger partial charge < -0.3 is 15.5 Å². The molecule has 1 unspecified atom stereocenters. The van der Waals surface area contributed by atoms with Crippen LogP contribution < -0.4 is 5.73 Å². The third-order valence-electron chi connectivity index (χ3n) is 2.20. The Morgan fingerprint density at radius 2 is 2.50 bits per heavy atom. The number of methoxy groups -OCH3 is 1. The van der Waals surface area contributed by atoms with Gasteiger partial charge in [0.1, 0.15) is 5.54 Å². The third kappa shape index (κ3) is 3.86. The summed E-state index contributed by atoms with van der Waals surface area (Å²) in [4.78, 5) is 18.4. The number of H-pyrrole nitrogens is 1. The van der Waals surface area contributed by atoms with Gasteiger partial charge in [-0.3, -0.25) is 4.79 Å². The van der Waals surface area contributed by atoms with E-state index in [1.165, 1.54) is 7.11 Å². The fourth-order valence-electron chi connectivity index (χ4n) is 1.27. The Labute approximate surface area is 99.2 Å². The standard InChI is InChI=1S/C10H17N3O2S/c1-10(11,8(14)15-2)4-3-7-16-9-12-5-6-13-9/h5-6H,3-4,7,11H2,1-2H3,(H,12,13). The molecule has 0 fully saturated rings. The Morgan fingerprint density at radius 3 is 3.06 bits per heavy atom. The van der Waals surface area contributed by atoms with Crippen LogP contribution in [0.25, 0.3) is 0 Å². The summed E-state index contributed by atoms with van der Waals surface area (Å²) in [7, 11) is 1.35. The molecule has 0 amide bonds. The number of thioether (sulfide) groups is 1. The van der Waals surface area contributed by atoms with Gasteiger partial charge in [0.25, 0.3) is 0 Å². The number of aromatic nitrogens is 2. The zero-order valence-corrected chi connectivity index (χ0v) is 10.3. The lowest BCUT2D eigenvalue weighted by molar-refractivity contribution is -0.146. The zero-order chi connectivity index (χ0) is 12.0. The van der Waals surface area contributed by atoms with Gasteiger partial charge in [-0.25, -0.2) is 4.98 Å². The molecule has 1 atom stereocenters. The van der Waals surface area contributed by atoms with E-state index in [1.54, 1.807) is 31.1 Å². The van der Waals surface area contributed by atoms with Crippen molar-refractivity contribution in [2.45, 2.75) is 30.5 Å². The van der Waals surface area contributed by atoms with Gasteiger partial charge in [-0.2, -0.15) is 0 Å². The number of esters is 1. The molecule has 3 N–H and O–H groups in total. The summed E-state index contributed by atoms with van der Waals surface area (Å²) in [6.45, 7) is 1.69. The highest BCUT2D eigenvalue weighted by molar-refractivity contribution is 7.99.